The summed E-state index contributed by atoms with van der Waals surface area (Å²) in [6.45, 7) is 3.40. The molecule has 24 heavy (non-hydrogen) atoms. The van der Waals surface area contributed by atoms with Crippen LogP contribution in [0.4, 0.5) is 11.4 Å². The molecule has 1 aliphatic rings. The molecule has 1 saturated heterocycles. The third-order valence-corrected chi connectivity index (χ3v) is 4.13. The lowest BCUT2D eigenvalue weighted by Crippen LogP contribution is -3.14. The van der Waals surface area contributed by atoms with Crippen LogP contribution in [0, 0.1) is 5.92 Å². The van der Waals surface area contributed by atoms with Gasteiger partial charge in [-0.1, -0.05) is 0 Å². The predicted molar refractivity (Wildman–Crippen MR) is 89.7 cm³/mol. The lowest BCUT2D eigenvalue weighted by Gasteiger charge is -2.27. The number of likely N-dealkylation sites (tertiary alicyclic amines) is 1. The summed E-state index contributed by atoms with van der Waals surface area (Å²) >= 11 is 0. The smallest absolute Gasteiger partial charge is 0.309 e. The minimum Gasteiger partial charge on any atom is -0.469 e. The van der Waals surface area contributed by atoms with Crippen molar-refractivity contribution in [2.75, 3.05) is 37.4 Å². The first-order chi connectivity index (χ1) is 11.5. The fraction of sp³-hybridized carbons (Fsp3) is 0.471. The largest absolute Gasteiger partial charge is 0.469 e. The van der Waals surface area contributed by atoms with Crippen molar-refractivity contribution in [2.24, 2.45) is 5.92 Å². The highest BCUT2D eigenvalue weighted by molar-refractivity contribution is 5.92. The van der Waals surface area contributed by atoms with E-state index in [0.717, 1.165) is 25.9 Å². The second-order valence-corrected chi connectivity index (χ2v) is 6.03. The Hall–Kier alpha value is -2.41. The summed E-state index contributed by atoms with van der Waals surface area (Å²) in [6.07, 6.45) is 1.50. The van der Waals surface area contributed by atoms with Crippen LogP contribution < -0.4 is 15.5 Å². The standard InChI is InChI=1S/C17H23N3O4/c1-12(21)18-14-3-5-15(6-4-14)19-16(22)11-20-9-7-13(8-10-20)17(23)24-2/h3-6,13H,7-11H2,1-2H3,(H,18,21)(H,19,22)/p+1. The Morgan fingerprint density at radius 3 is 2.12 bits per heavy atom. The molecular formula is C17H24N3O4+. The van der Waals surface area contributed by atoms with Gasteiger partial charge in [-0.2, -0.15) is 0 Å². The van der Waals surface area contributed by atoms with Crippen molar-refractivity contribution >= 4 is 29.2 Å². The Labute approximate surface area is 141 Å². The molecular weight excluding hydrogens is 310 g/mol. The van der Waals surface area contributed by atoms with Gasteiger partial charge in [0.15, 0.2) is 6.54 Å². The number of esters is 1. The third-order valence-electron chi connectivity index (χ3n) is 4.13. The van der Waals surface area contributed by atoms with Crippen molar-refractivity contribution < 1.29 is 24.0 Å². The highest BCUT2D eigenvalue weighted by Gasteiger charge is 2.28. The summed E-state index contributed by atoms with van der Waals surface area (Å²) in [5, 5.41) is 5.53. The van der Waals surface area contributed by atoms with Gasteiger partial charge in [-0.3, -0.25) is 14.4 Å². The van der Waals surface area contributed by atoms with E-state index in [1.807, 2.05) is 0 Å². The lowest BCUT2D eigenvalue weighted by atomic mass is 9.97. The molecule has 1 aromatic rings. The van der Waals surface area contributed by atoms with Gasteiger partial charge in [0.05, 0.1) is 26.1 Å². The number of quaternary nitrogens is 1. The van der Waals surface area contributed by atoms with Crippen molar-refractivity contribution in [3.05, 3.63) is 24.3 Å². The van der Waals surface area contributed by atoms with Gasteiger partial charge in [0, 0.05) is 31.1 Å². The summed E-state index contributed by atoms with van der Waals surface area (Å²) in [6, 6.07) is 6.99. The van der Waals surface area contributed by atoms with Crippen LogP contribution in [-0.2, 0) is 19.1 Å². The van der Waals surface area contributed by atoms with E-state index in [2.05, 4.69) is 10.6 Å². The maximum Gasteiger partial charge on any atom is 0.309 e. The van der Waals surface area contributed by atoms with E-state index < -0.39 is 0 Å². The molecule has 0 aliphatic carbocycles. The van der Waals surface area contributed by atoms with Crippen LogP contribution in [0.15, 0.2) is 24.3 Å². The number of carbonyl (C=O) groups excluding carboxylic acids is 3. The van der Waals surface area contributed by atoms with E-state index in [4.69, 9.17) is 4.74 Å². The molecule has 1 aromatic carbocycles. The summed E-state index contributed by atoms with van der Waals surface area (Å²) in [5.41, 5.74) is 1.38. The Morgan fingerprint density at radius 1 is 1.08 bits per heavy atom. The number of ether oxygens (including phenoxy) is 1. The number of anilines is 2. The average molecular weight is 334 g/mol. The average Bonchev–Trinajstić information content (AvgIpc) is 2.56. The Morgan fingerprint density at radius 2 is 1.62 bits per heavy atom. The van der Waals surface area contributed by atoms with Crippen LogP contribution in [0.1, 0.15) is 19.8 Å². The fourth-order valence-electron chi connectivity index (χ4n) is 2.88. The molecule has 2 rings (SSSR count). The van der Waals surface area contributed by atoms with Crippen molar-refractivity contribution in [1.82, 2.24) is 0 Å². The molecule has 0 bridgehead atoms. The molecule has 7 nitrogen and oxygen atoms in total. The minimum absolute atomic E-state index is 0.0388. The first-order valence-electron chi connectivity index (χ1n) is 8.07. The van der Waals surface area contributed by atoms with Crippen molar-refractivity contribution in [3.8, 4) is 0 Å². The van der Waals surface area contributed by atoms with E-state index in [1.165, 1.54) is 18.9 Å². The van der Waals surface area contributed by atoms with E-state index >= 15 is 0 Å². The molecule has 130 valence electrons. The Balaban J connectivity index is 1.77. The zero-order valence-electron chi connectivity index (χ0n) is 14.1. The predicted octanol–water partition coefficient (Wildman–Crippen LogP) is 0.0514. The highest BCUT2D eigenvalue weighted by Crippen LogP contribution is 2.13. The van der Waals surface area contributed by atoms with Gasteiger partial charge in [-0.05, 0) is 24.3 Å². The zero-order valence-corrected chi connectivity index (χ0v) is 14.1. The quantitative estimate of drug-likeness (QED) is 0.664. The number of carbonyl (C=O) groups is 3. The van der Waals surface area contributed by atoms with Gasteiger partial charge < -0.3 is 20.3 Å². The molecule has 0 radical (unpaired) electrons. The van der Waals surface area contributed by atoms with Crippen molar-refractivity contribution in [3.63, 3.8) is 0 Å². The summed E-state index contributed by atoms with van der Waals surface area (Å²) in [7, 11) is 1.41. The number of methoxy groups -OCH3 is 1. The molecule has 0 saturated carbocycles. The molecule has 0 unspecified atom stereocenters. The maximum absolute atomic E-state index is 12.1. The van der Waals surface area contributed by atoms with E-state index in [1.54, 1.807) is 24.3 Å². The second kappa shape index (κ2) is 8.44. The van der Waals surface area contributed by atoms with Gasteiger partial charge in [-0.25, -0.2) is 0 Å². The van der Waals surface area contributed by atoms with Gasteiger partial charge in [0.25, 0.3) is 5.91 Å². The Bertz CT molecular complexity index is 592. The second-order valence-electron chi connectivity index (χ2n) is 6.03. The monoisotopic (exact) mass is 334 g/mol. The number of hydrogen-bond acceptors (Lipinski definition) is 4. The van der Waals surface area contributed by atoms with Crippen LogP contribution in [0.25, 0.3) is 0 Å². The van der Waals surface area contributed by atoms with E-state index in [-0.39, 0.29) is 23.7 Å². The summed E-state index contributed by atoms with van der Waals surface area (Å²) in [5.74, 6) is -0.388. The van der Waals surface area contributed by atoms with Crippen molar-refractivity contribution in [2.45, 2.75) is 19.8 Å². The molecule has 1 heterocycles. The van der Waals surface area contributed by atoms with Crippen LogP contribution in [-0.4, -0.2) is 44.5 Å². The van der Waals surface area contributed by atoms with Crippen molar-refractivity contribution in [1.29, 1.82) is 0 Å². The topological polar surface area (TPSA) is 88.9 Å². The highest BCUT2D eigenvalue weighted by atomic mass is 16.5. The van der Waals surface area contributed by atoms with Crippen LogP contribution >= 0.6 is 0 Å². The first kappa shape index (κ1) is 17.9. The van der Waals surface area contributed by atoms with E-state index in [0.29, 0.717) is 17.9 Å². The molecule has 0 atom stereocenters. The van der Waals surface area contributed by atoms with Crippen LogP contribution in [0.2, 0.25) is 0 Å². The SMILES string of the molecule is COC(=O)C1CC[NH+](CC(=O)Nc2ccc(NC(C)=O)cc2)CC1. The number of rotatable bonds is 5. The van der Waals surface area contributed by atoms with Crippen LogP contribution in [0.5, 0.6) is 0 Å². The molecule has 1 fully saturated rings. The molecule has 2 amide bonds. The number of amides is 2. The van der Waals surface area contributed by atoms with Crippen LogP contribution in [0.3, 0.4) is 0 Å². The molecule has 0 spiro atoms. The molecule has 3 N–H and O–H groups in total. The Kier molecular flexibility index (Phi) is 6.31. The normalized spacial score (nSPS) is 20.1. The van der Waals surface area contributed by atoms with Gasteiger partial charge in [-0.15, -0.1) is 0 Å². The number of piperidine rings is 1. The van der Waals surface area contributed by atoms with Gasteiger partial charge >= 0.3 is 5.97 Å². The van der Waals surface area contributed by atoms with Gasteiger partial charge in [0.1, 0.15) is 0 Å². The van der Waals surface area contributed by atoms with Gasteiger partial charge in [0.2, 0.25) is 5.91 Å². The summed E-state index contributed by atoms with van der Waals surface area (Å²) in [4.78, 5) is 35.8. The summed E-state index contributed by atoms with van der Waals surface area (Å²) < 4.78 is 4.76. The molecule has 7 heteroatoms. The molecule has 0 aromatic heterocycles. The third kappa shape index (κ3) is 5.34. The first-order valence-corrected chi connectivity index (χ1v) is 8.07. The number of hydrogen-bond donors (Lipinski definition) is 3. The minimum atomic E-state index is -0.155. The van der Waals surface area contributed by atoms with E-state index in [9.17, 15) is 14.4 Å². The lowest BCUT2D eigenvalue weighted by molar-refractivity contribution is -0.897. The number of nitrogens with one attached hydrogen (secondary N) is 3. The molecule has 1 aliphatic heterocycles. The maximum atomic E-state index is 12.1. The zero-order chi connectivity index (χ0) is 17.5. The number of benzene rings is 1. The fourth-order valence-corrected chi connectivity index (χ4v) is 2.88.